The highest BCUT2D eigenvalue weighted by Crippen LogP contribution is 2.44. The first kappa shape index (κ1) is 15.0. The topological polar surface area (TPSA) is 57.7 Å². The van der Waals surface area contributed by atoms with E-state index in [9.17, 15) is 0 Å². The van der Waals surface area contributed by atoms with Gasteiger partial charge in [0, 0.05) is 24.5 Å². The van der Waals surface area contributed by atoms with Crippen LogP contribution in [0, 0.1) is 11.3 Å². The fraction of sp³-hybridized carbons (Fsp3) is 0.438. The Balaban J connectivity index is 1.60. The molecule has 118 valence electrons. The Labute approximate surface area is 148 Å². The van der Waals surface area contributed by atoms with Crippen molar-refractivity contribution in [2.75, 3.05) is 4.90 Å². The average molecular weight is 393 g/mol. The number of piperidine rings is 1. The predicted octanol–water partition coefficient (Wildman–Crippen LogP) is 3.94. The third kappa shape index (κ3) is 2.62. The standard InChI is InChI=1S/C16H15BrClN5/c17-11-8-21-22(9-11)14-4-12-1-2-13(5-14)23(12)16-15(18)3-10(6-19)7-20-16/h3,7-9,12-14H,1-2,4-5H2. The lowest BCUT2D eigenvalue weighted by molar-refractivity contribution is 0.313. The second-order valence-corrected chi connectivity index (χ2v) is 7.52. The van der Waals surface area contributed by atoms with Crippen molar-refractivity contribution in [2.45, 2.75) is 43.8 Å². The van der Waals surface area contributed by atoms with Crippen LogP contribution in [0.3, 0.4) is 0 Å². The van der Waals surface area contributed by atoms with Gasteiger partial charge in [0.1, 0.15) is 11.9 Å². The van der Waals surface area contributed by atoms with Gasteiger partial charge in [-0.15, -0.1) is 0 Å². The summed E-state index contributed by atoms with van der Waals surface area (Å²) in [6.45, 7) is 0. The van der Waals surface area contributed by atoms with Crippen LogP contribution in [0.15, 0.2) is 29.1 Å². The zero-order valence-corrected chi connectivity index (χ0v) is 14.7. The molecule has 0 aromatic carbocycles. The average Bonchev–Trinajstić information content (AvgIpc) is 3.08. The maximum Gasteiger partial charge on any atom is 0.147 e. The zero-order valence-electron chi connectivity index (χ0n) is 12.4. The van der Waals surface area contributed by atoms with Crippen molar-refractivity contribution < 1.29 is 0 Å². The summed E-state index contributed by atoms with van der Waals surface area (Å²) in [6.07, 6.45) is 9.89. The maximum absolute atomic E-state index is 8.97. The molecule has 2 unspecified atom stereocenters. The number of rotatable bonds is 2. The van der Waals surface area contributed by atoms with Gasteiger partial charge in [0.2, 0.25) is 0 Å². The van der Waals surface area contributed by atoms with Crippen molar-refractivity contribution in [3.05, 3.63) is 39.7 Å². The highest BCUT2D eigenvalue weighted by atomic mass is 79.9. The number of aromatic nitrogens is 3. The van der Waals surface area contributed by atoms with E-state index in [4.69, 9.17) is 16.9 Å². The summed E-state index contributed by atoms with van der Waals surface area (Å²) in [5.41, 5.74) is 0.502. The van der Waals surface area contributed by atoms with Crippen LogP contribution in [-0.4, -0.2) is 26.8 Å². The van der Waals surface area contributed by atoms with E-state index >= 15 is 0 Å². The predicted molar refractivity (Wildman–Crippen MR) is 91.4 cm³/mol. The van der Waals surface area contributed by atoms with Gasteiger partial charge in [-0.2, -0.15) is 10.4 Å². The van der Waals surface area contributed by atoms with E-state index in [2.05, 4.69) is 41.7 Å². The van der Waals surface area contributed by atoms with E-state index in [0.29, 0.717) is 28.7 Å². The minimum atomic E-state index is 0.423. The van der Waals surface area contributed by atoms with Crippen molar-refractivity contribution in [1.29, 1.82) is 5.26 Å². The molecular formula is C16H15BrClN5. The number of anilines is 1. The molecule has 2 bridgehead atoms. The quantitative estimate of drug-likeness (QED) is 0.777. The molecule has 5 nitrogen and oxygen atoms in total. The van der Waals surface area contributed by atoms with Crippen LogP contribution in [0.1, 0.15) is 37.3 Å². The summed E-state index contributed by atoms with van der Waals surface area (Å²) in [4.78, 5) is 6.82. The smallest absolute Gasteiger partial charge is 0.147 e. The van der Waals surface area contributed by atoms with Crippen LogP contribution >= 0.6 is 27.5 Å². The molecule has 0 saturated carbocycles. The zero-order chi connectivity index (χ0) is 16.0. The van der Waals surface area contributed by atoms with E-state index in [1.165, 1.54) is 0 Å². The van der Waals surface area contributed by atoms with Crippen molar-refractivity contribution in [3.8, 4) is 6.07 Å². The summed E-state index contributed by atoms with van der Waals surface area (Å²) in [6, 6.07) is 5.08. The Hall–Kier alpha value is -1.58. The van der Waals surface area contributed by atoms with Gasteiger partial charge in [0.25, 0.3) is 0 Å². The van der Waals surface area contributed by atoms with Crippen molar-refractivity contribution >= 4 is 33.3 Å². The van der Waals surface area contributed by atoms with E-state index in [1.807, 2.05) is 12.4 Å². The third-order valence-corrected chi connectivity index (χ3v) is 5.54. The maximum atomic E-state index is 8.97. The molecule has 2 aromatic rings. The minimum Gasteiger partial charge on any atom is -0.349 e. The van der Waals surface area contributed by atoms with Gasteiger partial charge in [-0.3, -0.25) is 4.68 Å². The number of nitriles is 1. The minimum absolute atomic E-state index is 0.423. The molecule has 4 heterocycles. The summed E-state index contributed by atoms with van der Waals surface area (Å²) in [5.74, 6) is 0.818. The molecular weight excluding hydrogens is 378 g/mol. The van der Waals surface area contributed by atoms with E-state index < -0.39 is 0 Å². The lowest BCUT2D eigenvalue weighted by atomic mass is 9.97. The first-order valence-electron chi connectivity index (χ1n) is 7.69. The molecule has 23 heavy (non-hydrogen) atoms. The summed E-state index contributed by atoms with van der Waals surface area (Å²) in [5, 5.41) is 14.0. The summed E-state index contributed by atoms with van der Waals surface area (Å²) >= 11 is 9.85. The van der Waals surface area contributed by atoms with Crippen molar-refractivity contribution in [3.63, 3.8) is 0 Å². The molecule has 2 atom stereocenters. The van der Waals surface area contributed by atoms with E-state index in [-0.39, 0.29) is 0 Å². The van der Waals surface area contributed by atoms with Gasteiger partial charge in [-0.1, -0.05) is 11.6 Å². The lowest BCUT2D eigenvalue weighted by Crippen LogP contribution is -2.44. The van der Waals surface area contributed by atoms with Crippen molar-refractivity contribution in [2.24, 2.45) is 0 Å². The molecule has 2 aliphatic heterocycles. The third-order valence-electron chi connectivity index (χ3n) is 4.85. The molecule has 2 aromatic heterocycles. The molecule has 7 heteroatoms. The molecule has 0 N–H and O–H groups in total. The van der Waals surface area contributed by atoms with Gasteiger partial charge in [0.05, 0.1) is 27.3 Å². The Morgan fingerprint density at radius 3 is 2.52 bits per heavy atom. The number of hydrogen-bond donors (Lipinski definition) is 0. The van der Waals surface area contributed by atoms with Gasteiger partial charge < -0.3 is 4.90 Å². The number of hydrogen-bond acceptors (Lipinski definition) is 4. The van der Waals surface area contributed by atoms with Crippen LogP contribution < -0.4 is 4.90 Å². The SMILES string of the molecule is N#Cc1cnc(N2C3CCC2CC(n2cc(Br)cn2)C3)c(Cl)c1. The van der Waals surface area contributed by atoms with E-state index in [1.54, 1.807) is 12.3 Å². The fourth-order valence-electron chi connectivity index (χ4n) is 3.91. The Morgan fingerprint density at radius 2 is 1.96 bits per heavy atom. The molecule has 0 aliphatic carbocycles. The van der Waals surface area contributed by atoms with Crippen molar-refractivity contribution in [1.82, 2.24) is 14.8 Å². The number of fused-ring (bicyclic) bond motifs is 2. The molecule has 0 radical (unpaired) electrons. The Kier molecular flexibility index (Phi) is 3.78. The number of halogens is 2. The van der Waals surface area contributed by atoms with E-state index in [0.717, 1.165) is 36.0 Å². The lowest BCUT2D eigenvalue weighted by Gasteiger charge is -2.40. The van der Waals surface area contributed by atoms with Crippen LogP contribution in [0.5, 0.6) is 0 Å². The molecule has 2 fully saturated rings. The molecule has 0 amide bonds. The van der Waals surface area contributed by atoms with Gasteiger partial charge in [0.15, 0.2) is 0 Å². The first-order chi connectivity index (χ1) is 11.2. The van der Waals surface area contributed by atoms with Crippen LogP contribution in [-0.2, 0) is 0 Å². The first-order valence-corrected chi connectivity index (χ1v) is 8.86. The largest absolute Gasteiger partial charge is 0.349 e. The normalized spacial score (nSPS) is 26.3. The van der Waals surface area contributed by atoms with Crippen LogP contribution in [0.25, 0.3) is 0 Å². The fourth-order valence-corrected chi connectivity index (χ4v) is 4.47. The second-order valence-electron chi connectivity index (χ2n) is 6.20. The molecule has 2 saturated heterocycles. The molecule has 4 rings (SSSR count). The highest BCUT2D eigenvalue weighted by molar-refractivity contribution is 9.10. The van der Waals surface area contributed by atoms with Gasteiger partial charge >= 0.3 is 0 Å². The number of pyridine rings is 1. The Bertz CT molecular complexity index is 769. The van der Waals surface area contributed by atoms with Crippen LogP contribution in [0.2, 0.25) is 5.02 Å². The van der Waals surface area contributed by atoms with Crippen LogP contribution in [0.4, 0.5) is 5.82 Å². The monoisotopic (exact) mass is 391 g/mol. The Morgan fingerprint density at radius 1 is 1.22 bits per heavy atom. The second kappa shape index (κ2) is 5.81. The van der Waals surface area contributed by atoms with Gasteiger partial charge in [-0.25, -0.2) is 4.98 Å². The molecule has 2 aliphatic rings. The summed E-state index contributed by atoms with van der Waals surface area (Å²) in [7, 11) is 0. The number of nitrogens with zero attached hydrogens (tertiary/aromatic N) is 5. The molecule has 0 spiro atoms. The summed E-state index contributed by atoms with van der Waals surface area (Å²) < 4.78 is 3.09. The highest BCUT2D eigenvalue weighted by Gasteiger charge is 2.42. The van der Waals surface area contributed by atoms with Gasteiger partial charge in [-0.05, 0) is 47.7 Å².